The van der Waals surface area contributed by atoms with E-state index in [1.807, 2.05) is 55.5 Å². The highest BCUT2D eigenvalue weighted by Gasteiger charge is 2.34. The highest BCUT2D eigenvalue weighted by molar-refractivity contribution is 9.10. The molecule has 0 bridgehead atoms. The Morgan fingerprint density at radius 3 is 2.40 bits per heavy atom. The van der Waals surface area contributed by atoms with Crippen LogP contribution in [0, 0.1) is 6.92 Å². The van der Waals surface area contributed by atoms with Crippen LogP contribution in [0.1, 0.15) is 38.9 Å². The zero-order valence-electron chi connectivity index (χ0n) is 13.8. The summed E-state index contributed by atoms with van der Waals surface area (Å²) in [4.78, 5) is 30.1. The maximum absolute atomic E-state index is 13.1. The number of carbonyl (C=O) groups excluding carboxylic acids is 2. The lowest BCUT2D eigenvalue weighted by Gasteiger charge is -2.15. The molecule has 0 saturated carbocycles. The van der Waals surface area contributed by atoms with E-state index in [2.05, 4.69) is 20.9 Å². The van der Waals surface area contributed by atoms with Crippen molar-refractivity contribution in [1.29, 1.82) is 0 Å². The zero-order chi connectivity index (χ0) is 17.7. The monoisotopic (exact) mass is 391 g/mol. The van der Waals surface area contributed by atoms with Crippen LogP contribution in [0.2, 0.25) is 0 Å². The van der Waals surface area contributed by atoms with Crippen LogP contribution < -0.4 is 0 Å². The summed E-state index contributed by atoms with van der Waals surface area (Å²) in [5.41, 5.74) is 5.33. The highest BCUT2D eigenvalue weighted by atomic mass is 79.9. The van der Waals surface area contributed by atoms with Gasteiger partial charge in [-0.05, 0) is 31.5 Å². The molecule has 4 heteroatoms. The van der Waals surface area contributed by atoms with E-state index in [1.54, 1.807) is 0 Å². The standard InChI is InChI=1S/C21H14BrNO2/c1-11-17(12(2)24)18(13-6-5-7-14(22)10-13)19-20(23-11)15-8-3-4-9-16(15)21(19)25/h3-10H,1-2H3. The van der Waals surface area contributed by atoms with Gasteiger partial charge in [0.25, 0.3) is 0 Å². The molecule has 122 valence electrons. The maximum Gasteiger partial charge on any atom is 0.196 e. The molecular formula is C21H14BrNO2. The first kappa shape index (κ1) is 15.9. The molecule has 0 amide bonds. The van der Waals surface area contributed by atoms with Crippen LogP contribution in [0.15, 0.2) is 53.0 Å². The second kappa shape index (κ2) is 5.74. The number of rotatable bonds is 2. The molecule has 3 aromatic rings. The van der Waals surface area contributed by atoms with Gasteiger partial charge < -0.3 is 0 Å². The first-order chi connectivity index (χ1) is 12.0. The lowest BCUT2D eigenvalue weighted by atomic mass is 9.90. The van der Waals surface area contributed by atoms with E-state index >= 15 is 0 Å². The number of hydrogen-bond acceptors (Lipinski definition) is 3. The fourth-order valence-electron chi connectivity index (χ4n) is 3.51. The van der Waals surface area contributed by atoms with Gasteiger partial charge in [-0.1, -0.05) is 52.3 Å². The molecular weight excluding hydrogens is 378 g/mol. The van der Waals surface area contributed by atoms with Gasteiger partial charge in [0.2, 0.25) is 0 Å². The van der Waals surface area contributed by atoms with E-state index in [0.717, 1.165) is 15.6 Å². The summed E-state index contributed by atoms with van der Waals surface area (Å²) in [7, 11) is 0. The summed E-state index contributed by atoms with van der Waals surface area (Å²) >= 11 is 3.48. The van der Waals surface area contributed by atoms with E-state index < -0.39 is 0 Å². The van der Waals surface area contributed by atoms with Crippen molar-refractivity contribution in [2.75, 3.05) is 0 Å². The fourth-order valence-corrected chi connectivity index (χ4v) is 3.90. The van der Waals surface area contributed by atoms with Gasteiger partial charge in [-0.25, -0.2) is 0 Å². The van der Waals surface area contributed by atoms with Gasteiger partial charge in [0.15, 0.2) is 11.6 Å². The number of ketones is 2. The molecule has 0 fully saturated rings. The first-order valence-corrected chi connectivity index (χ1v) is 8.74. The Balaban J connectivity index is 2.15. The van der Waals surface area contributed by atoms with Crippen LogP contribution in [0.25, 0.3) is 22.4 Å². The third-order valence-electron chi connectivity index (χ3n) is 4.50. The predicted octanol–water partition coefficient (Wildman–Crippen LogP) is 5.23. The number of hydrogen-bond donors (Lipinski definition) is 0. The molecule has 0 aliphatic heterocycles. The lowest BCUT2D eigenvalue weighted by Crippen LogP contribution is -2.09. The number of carbonyl (C=O) groups is 2. The van der Waals surface area contributed by atoms with Crippen molar-refractivity contribution in [2.24, 2.45) is 0 Å². The molecule has 0 unspecified atom stereocenters. The topological polar surface area (TPSA) is 47.0 Å². The number of aryl methyl sites for hydroxylation is 1. The maximum atomic E-state index is 13.1. The highest BCUT2D eigenvalue weighted by Crippen LogP contribution is 2.43. The largest absolute Gasteiger partial charge is 0.294 e. The van der Waals surface area contributed by atoms with Crippen LogP contribution in [0.3, 0.4) is 0 Å². The first-order valence-electron chi connectivity index (χ1n) is 7.94. The van der Waals surface area contributed by atoms with Crippen LogP contribution in [0.5, 0.6) is 0 Å². The third kappa shape index (κ3) is 2.36. The number of pyridine rings is 1. The van der Waals surface area contributed by atoms with Crippen molar-refractivity contribution in [1.82, 2.24) is 4.98 Å². The molecule has 2 aromatic carbocycles. The predicted molar refractivity (Wildman–Crippen MR) is 101 cm³/mol. The average Bonchev–Trinajstić information content (AvgIpc) is 2.86. The fraction of sp³-hybridized carbons (Fsp3) is 0.0952. The Kier molecular flexibility index (Phi) is 3.65. The summed E-state index contributed by atoms with van der Waals surface area (Å²) < 4.78 is 0.894. The Hall–Kier alpha value is -2.59. The molecule has 25 heavy (non-hydrogen) atoms. The van der Waals surface area contributed by atoms with Crippen molar-refractivity contribution in [2.45, 2.75) is 13.8 Å². The van der Waals surface area contributed by atoms with Gasteiger partial charge in [0.1, 0.15) is 0 Å². The summed E-state index contributed by atoms with van der Waals surface area (Å²) in [6, 6.07) is 15.1. The molecule has 1 aromatic heterocycles. The summed E-state index contributed by atoms with van der Waals surface area (Å²) in [5, 5.41) is 0. The van der Waals surface area contributed by atoms with E-state index in [0.29, 0.717) is 33.6 Å². The van der Waals surface area contributed by atoms with Gasteiger partial charge in [0, 0.05) is 32.4 Å². The quantitative estimate of drug-likeness (QED) is 0.439. The molecule has 4 rings (SSSR count). The second-order valence-corrected chi connectivity index (χ2v) is 7.03. The molecule has 0 N–H and O–H groups in total. The minimum atomic E-state index is -0.0912. The van der Waals surface area contributed by atoms with Crippen LogP contribution in [-0.2, 0) is 0 Å². The van der Waals surface area contributed by atoms with E-state index in [9.17, 15) is 9.59 Å². The van der Waals surface area contributed by atoms with Crippen LogP contribution >= 0.6 is 15.9 Å². The van der Waals surface area contributed by atoms with E-state index in [-0.39, 0.29) is 11.6 Å². The van der Waals surface area contributed by atoms with Crippen LogP contribution in [0.4, 0.5) is 0 Å². The Bertz CT molecular complexity index is 1070. The Morgan fingerprint density at radius 2 is 1.72 bits per heavy atom. The van der Waals surface area contributed by atoms with E-state index in [4.69, 9.17) is 0 Å². The van der Waals surface area contributed by atoms with Gasteiger partial charge in [-0.3, -0.25) is 14.6 Å². The minimum absolute atomic E-state index is 0.0735. The van der Waals surface area contributed by atoms with Gasteiger partial charge in [0.05, 0.1) is 11.3 Å². The molecule has 1 heterocycles. The summed E-state index contributed by atoms with van der Waals surface area (Å²) in [6.07, 6.45) is 0. The SMILES string of the molecule is CC(=O)c1c(C)nc2c(c1-c1cccc(Br)c1)C(=O)c1ccccc1-2. The normalized spacial score (nSPS) is 12.0. The lowest BCUT2D eigenvalue weighted by molar-refractivity contribution is 0.101. The zero-order valence-corrected chi connectivity index (χ0v) is 15.3. The van der Waals surface area contributed by atoms with Crippen molar-refractivity contribution in [3.8, 4) is 22.4 Å². The molecule has 0 spiro atoms. The van der Waals surface area contributed by atoms with E-state index in [1.165, 1.54) is 6.92 Å². The van der Waals surface area contributed by atoms with Gasteiger partial charge in [-0.2, -0.15) is 0 Å². The van der Waals surface area contributed by atoms with Crippen molar-refractivity contribution in [3.05, 3.63) is 75.4 Å². The second-order valence-electron chi connectivity index (χ2n) is 6.11. The van der Waals surface area contributed by atoms with Crippen molar-refractivity contribution >= 4 is 27.5 Å². The third-order valence-corrected chi connectivity index (χ3v) is 4.99. The number of fused-ring (bicyclic) bond motifs is 3. The number of nitrogens with zero attached hydrogens (tertiary/aromatic N) is 1. The molecule has 0 atom stereocenters. The Morgan fingerprint density at radius 1 is 1.00 bits per heavy atom. The molecule has 0 saturated heterocycles. The molecule has 3 nitrogen and oxygen atoms in total. The summed E-state index contributed by atoms with van der Waals surface area (Å²) in [6.45, 7) is 3.34. The number of Topliss-reactive ketones (excluding diaryl/α,β-unsaturated/α-hetero) is 1. The van der Waals surface area contributed by atoms with Crippen molar-refractivity contribution in [3.63, 3.8) is 0 Å². The molecule has 1 aliphatic rings. The molecule has 0 radical (unpaired) electrons. The average molecular weight is 392 g/mol. The summed E-state index contributed by atoms with van der Waals surface area (Å²) in [5.74, 6) is -0.165. The smallest absolute Gasteiger partial charge is 0.196 e. The van der Waals surface area contributed by atoms with Crippen LogP contribution in [-0.4, -0.2) is 16.6 Å². The van der Waals surface area contributed by atoms with Gasteiger partial charge in [-0.15, -0.1) is 0 Å². The Labute approximate surface area is 153 Å². The van der Waals surface area contributed by atoms with Crippen molar-refractivity contribution < 1.29 is 9.59 Å². The number of aromatic nitrogens is 1. The number of benzene rings is 2. The number of halogens is 1. The molecule has 1 aliphatic carbocycles. The minimum Gasteiger partial charge on any atom is -0.294 e. The van der Waals surface area contributed by atoms with Gasteiger partial charge >= 0.3 is 0 Å².